The summed E-state index contributed by atoms with van der Waals surface area (Å²) in [7, 11) is 1.47. The summed E-state index contributed by atoms with van der Waals surface area (Å²) in [4.78, 5) is 24.3. The molecule has 5 N–H and O–H groups in total. The van der Waals surface area contributed by atoms with Gasteiger partial charge in [0.1, 0.15) is 17.2 Å². The van der Waals surface area contributed by atoms with Gasteiger partial charge in [-0.25, -0.2) is 5.43 Å². The van der Waals surface area contributed by atoms with Crippen molar-refractivity contribution in [2.24, 2.45) is 5.10 Å². The molecular formula is C23H21ClN4O5. The van der Waals surface area contributed by atoms with Crippen LogP contribution in [-0.4, -0.2) is 36.9 Å². The summed E-state index contributed by atoms with van der Waals surface area (Å²) in [6, 6.07) is 15.7. The molecule has 0 spiro atoms. The van der Waals surface area contributed by atoms with E-state index in [1.54, 1.807) is 42.5 Å². The molecule has 0 bridgehead atoms. The number of phenols is 1. The molecule has 3 aromatic rings. The third-order valence-corrected chi connectivity index (χ3v) is 4.65. The first kappa shape index (κ1) is 23.4. The van der Waals surface area contributed by atoms with Crippen LogP contribution in [0.2, 0.25) is 5.02 Å². The van der Waals surface area contributed by atoms with Gasteiger partial charge in [-0.2, -0.15) is 5.10 Å². The topological polar surface area (TPSA) is 135 Å². The number of aromatic hydroxyl groups is 1. The zero-order valence-corrected chi connectivity index (χ0v) is 18.3. The molecule has 0 aromatic heterocycles. The Balaban J connectivity index is 1.58. The van der Waals surface area contributed by atoms with Crippen molar-refractivity contribution in [2.45, 2.75) is 0 Å². The Morgan fingerprint density at radius 1 is 1.12 bits per heavy atom. The third kappa shape index (κ3) is 6.62. The first-order valence-electron chi connectivity index (χ1n) is 9.64. The molecule has 33 heavy (non-hydrogen) atoms. The van der Waals surface area contributed by atoms with Gasteiger partial charge in [0.05, 0.1) is 18.3 Å². The van der Waals surface area contributed by atoms with Gasteiger partial charge in [-0.15, -0.1) is 0 Å². The Morgan fingerprint density at radius 2 is 1.88 bits per heavy atom. The van der Waals surface area contributed by atoms with Crippen LogP contribution >= 0.6 is 11.6 Å². The second-order valence-electron chi connectivity index (χ2n) is 6.73. The first-order valence-corrected chi connectivity index (χ1v) is 10.0. The minimum absolute atomic E-state index is 0.0600. The number of methoxy groups -OCH3 is 1. The van der Waals surface area contributed by atoms with Crippen LogP contribution in [0.4, 0.5) is 11.4 Å². The van der Waals surface area contributed by atoms with E-state index in [0.717, 1.165) is 0 Å². The van der Waals surface area contributed by atoms with E-state index >= 15 is 0 Å². The quantitative estimate of drug-likeness (QED) is 0.227. The Kier molecular flexibility index (Phi) is 7.72. The van der Waals surface area contributed by atoms with Gasteiger partial charge in [0.25, 0.3) is 11.8 Å². The molecule has 0 aliphatic rings. The fourth-order valence-corrected chi connectivity index (χ4v) is 2.86. The van der Waals surface area contributed by atoms with Crippen LogP contribution in [0, 0.1) is 0 Å². The standard InChI is InChI=1S/C23H21ClN4O5/c1-32-21-11-17(27-22(30)13-33-18-7-4-16(25)5-8-18)6-2-15(21)12-26-28-23(31)14-3-9-20(29)19(24)10-14/h2-12,29H,13,25H2,1H3,(H,27,30)(H,28,31)/b26-12+. The van der Waals surface area contributed by atoms with Crippen molar-refractivity contribution in [1.82, 2.24) is 5.43 Å². The number of nitrogens with one attached hydrogen (secondary N) is 2. The zero-order chi connectivity index (χ0) is 23.8. The summed E-state index contributed by atoms with van der Waals surface area (Å²) in [6.45, 7) is -0.178. The lowest BCUT2D eigenvalue weighted by atomic mass is 10.2. The molecular weight excluding hydrogens is 448 g/mol. The lowest BCUT2D eigenvalue weighted by Gasteiger charge is -2.10. The normalized spacial score (nSPS) is 10.6. The second-order valence-corrected chi connectivity index (χ2v) is 7.14. The third-order valence-electron chi connectivity index (χ3n) is 4.35. The van der Waals surface area contributed by atoms with Gasteiger partial charge in [0.15, 0.2) is 6.61 Å². The zero-order valence-electron chi connectivity index (χ0n) is 17.5. The van der Waals surface area contributed by atoms with Crippen LogP contribution < -0.4 is 25.9 Å². The van der Waals surface area contributed by atoms with Crippen molar-refractivity contribution in [2.75, 3.05) is 24.8 Å². The molecule has 0 atom stereocenters. The van der Waals surface area contributed by atoms with Gasteiger partial charge in [0.2, 0.25) is 0 Å². The van der Waals surface area contributed by atoms with E-state index in [9.17, 15) is 14.7 Å². The predicted molar refractivity (Wildman–Crippen MR) is 126 cm³/mol. The Morgan fingerprint density at radius 3 is 2.58 bits per heavy atom. The fraction of sp³-hybridized carbons (Fsp3) is 0.0870. The maximum atomic E-state index is 12.2. The number of halogens is 1. The summed E-state index contributed by atoms with van der Waals surface area (Å²) in [5, 5.41) is 16.1. The van der Waals surface area contributed by atoms with E-state index in [4.69, 9.17) is 26.8 Å². The van der Waals surface area contributed by atoms with E-state index < -0.39 is 5.91 Å². The van der Waals surface area contributed by atoms with Gasteiger partial charge < -0.3 is 25.6 Å². The number of hydrogen-bond donors (Lipinski definition) is 4. The number of hydrogen-bond acceptors (Lipinski definition) is 7. The van der Waals surface area contributed by atoms with Gasteiger partial charge in [-0.1, -0.05) is 11.6 Å². The molecule has 9 nitrogen and oxygen atoms in total. The number of amides is 2. The van der Waals surface area contributed by atoms with Gasteiger partial charge in [-0.05, 0) is 54.6 Å². The average molecular weight is 469 g/mol. The highest BCUT2D eigenvalue weighted by atomic mass is 35.5. The molecule has 0 unspecified atom stereocenters. The van der Waals surface area contributed by atoms with Gasteiger partial charge >= 0.3 is 0 Å². The molecule has 0 aliphatic carbocycles. The number of ether oxygens (including phenoxy) is 2. The highest BCUT2D eigenvalue weighted by Crippen LogP contribution is 2.24. The fourth-order valence-electron chi connectivity index (χ4n) is 2.68. The number of hydrazone groups is 1. The van der Waals surface area contributed by atoms with E-state index in [1.807, 2.05) is 0 Å². The second kappa shape index (κ2) is 10.9. The molecule has 0 saturated heterocycles. The maximum absolute atomic E-state index is 12.2. The predicted octanol–water partition coefficient (Wildman–Crippen LogP) is 3.42. The number of carbonyl (C=O) groups excluding carboxylic acids is 2. The first-order chi connectivity index (χ1) is 15.9. The molecule has 3 aromatic carbocycles. The summed E-state index contributed by atoms with van der Waals surface area (Å²) in [5.41, 5.74) is 9.89. The summed E-state index contributed by atoms with van der Waals surface area (Å²) in [6.07, 6.45) is 1.40. The molecule has 170 valence electrons. The summed E-state index contributed by atoms with van der Waals surface area (Å²) < 4.78 is 10.8. The number of rotatable bonds is 8. The number of nitrogens with zero attached hydrogens (tertiary/aromatic N) is 1. The summed E-state index contributed by atoms with van der Waals surface area (Å²) in [5.74, 6) is -0.0179. The van der Waals surface area contributed by atoms with Gasteiger partial charge in [-0.3, -0.25) is 9.59 Å². The minimum atomic E-state index is -0.503. The molecule has 3 rings (SSSR count). The number of nitrogens with two attached hydrogens (primary N) is 1. The number of anilines is 2. The highest BCUT2D eigenvalue weighted by Gasteiger charge is 2.09. The van der Waals surface area contributed by atoms with Gasteiger partial charge in [0, 0.05) is 28.6 Å². The number of phenolic OH excluding ortho intramolecular Hbond substituents is 1. The van der Waals surface area contributed by atoms with Crippen LogP contribution in [0.1, 0.15) is 15.9 Å². The highest BCUT2D eigenvalue weighted by molar-refractivity contribution is 6.32. The van der Waals surface area contributed by atoms with E-state index in [2.05, 4.69) is 15.8 Å². The van der Waals surface area contributed by atoms with Crippen LogP contribution in [-0.2, 0) is 4.79 Å². The van der Waals surface area contributed by atoms with Crippen LogP contribution in [0.5, 0.6) is 17.2 Å². The number of carbonyl (C=O) groups is 2. The maximum Gasteiger partial charge on any atom is 0.271 e. The molecule has 0 radical (unpaired) electrons. The van der Waals surface area contributed by atoms with Crippen molar-refractivity contribution in [3.63, 3.8) is 0 Å². The monoisotopic (exact) mass is 468 g/mol. The number of benzene rings is 3. The largest absolute Gasteiger partial charge is 0.506 e. The molecule has 0 fully saturated rings. The molecule has 0 heterocycles. The van der Waals surface area contributed by atoms with Crippen molar-refractivity contribution < 1.29 is 24.2 Å². The smallest absolute Gasteiger partial charge is 0.271 e. The number of nitrogen functional groups attached to an aromatic ring is 1. The Labute approximate surface area is 194 Å². The Bertz CT molecular complexity index is 1180. The minimum Gasteiger partial charge on any atom is -0.506 e. The molecule has 0 saturated carbocycles. The van der Waals surface area contributed by atoms with E-state index in [0.29, 0.717) is 28.4 Å². The molecule has 10 heteroatoms. The SMILES string of the molecule is COc1cc(NC(=O)COc2ccc(N)cc2)ccc1/C=N/NC(=O)c1ccc(O)c(Cl)c1. The van der Waals surface area contributed by atoms with E-state index in [1.165, 1.54) is 31.5 Å². The van der Waals surface area contributed by atoms with Crippen molar-refractivity contribution >= 4 is 41.0 Å². The van der Waals surface area contributed by atoms with Crippen LogP contribution in [0.15, 0.2) is 65.8 Å². The Hall–Kier alpha value is -4.24. The van der Waals surface area contributed by atoms with E-state index in [-0.39, 0.29) is 28.8 Å². The van der Waals surface area contributed by atoms with Crippen molar-refractivity contribution in [1.29, 1.82) is 0 Å². The van der Waals surface area contributed by atoms with Crippen LogP contribution in [0.25, 0.3) is 0 Å². The lowest BCUT2D eigenvalue weighted by molar-refractivity contribution is -0.118. The van der Waals surface area contributed by atoms with Crippen LogP contribution in [0.3, 0.4) is 0 Å². The lowest BCUT2D eigenvalue weighted by Crippen LogP contribution is -2.20. The average Bonchev–Trinajstić information content (AvgIpc) is 2.81. The molecule has 2 amide bonds. The molecule has 0 aliphatic heterocycles. The summed E-state index contributed by atoms with van der Waals surface area (Å²) >= 11 is 5.81. The van der Waals surface area contributed by atoms with Crippen molar-refractivity contribution in [3.8, 4) is 17.2 Å². The van der Waals surface area contributed by atoms with Crippen molar-refractivity contribution in [3.05, 3.63) is 76.8 Å².